The molecule has 120 valence electrons. The molecule has 22 heavy (non-hydrogen) atoms. The van der Waals surface area contributed by atoms with E-state index >= 15 is 0 Å². The van der Waals surface area contributed by atoms with Crippen molar-refractivity contribution in [2.24, 2.45) is 0 Å². The summed E-state index contributed by atoms with van der Waals surface area (Å²) in [7, 11) is 1.94. The molecule has 1 atom stereocenters. The number of likely N-dealkylation sites (N-methyl/N-ethyl adjacent to an activating group) is 1. The largest absolute Gasteiger partial charge is 0.389 e. The smallest absolute Gasteiger partial charge is 0.123 e. The van der Waals surface area contributed by atoms with Gasteiger partial charge in [0.25, 0.3) is 0 Å². The van der Waals surface area contributed by atoms with Gasteiger partial charge in [0.2, 0.25) is 0 Å². The topological polar surface area (TPSA) is 33.3 Å². The molecule has 3 nitrogen and oxygen atoms in total. The molecule has 1 unspecified atom stereocenters. The summed E-state index contributed by atoms with van der Waals surface area (Å²) in [4.78, 5) is 0. The van der Waals surface area contributed by atoms with Crippen LogP contribution in [0.5, 0.6) is 0 Å². The average Bonchev–Trinajstić information content (AvgIpc) is 2.88. The van der Waals surface area contributed by atoms with E-state index in [0.29, 0.717) is 0 Å². The molecule has 3 rings (SSSR count). The Morgan fingerprint density at radius 1 is 1.36 bits per heavy atom. The van der Waals surface area contributed by atoms with Crippen LogP contribution in [0.25, 0.3) is 0 Å². The fourth-order valence-electron chi connectivity index (χ4n) is 3.70. The summed E-state index contributed by atoms with van der Waals surface area (Å²) >= 11 is 6.21. The van der Waals surface area contributed by atoms with Gasteiger partial charge in [0.15, 0.2) is 0 Å². The lowest BCUT2D eigenvalue weighted by molar-refractivity contribution is -0.0287. The number of hydrogen-bond acceptors (Lipinski definition) is 3. The van der Waals surface area contributed by atoms with Crippen LogP contribution in [0.15, 0.2) is 46.2 Å². The molecule has 2 N–H and O–H groups in total. The number of allylic oxidation sites excluding steroid dienone is 5. The Kier molecular flexibility index (Phi) is 4.76. The predicted octanol–water partition coefficient (Wildman–Crippen LogP) is 3.40. The zero-order chi connectivity index (χ0) is 15.6. The van der Waals surface area contributed by atoms with Gasteiger partial charge in [-0.05, 0) is 62.9 Å². The van der Waals surface area contributed by atoms with Crippen molar-refractivity contribution in [3.05, 3.63) is 46.2 Å². The number of piperidine rings is 1. The Hall–Kier alpha value is -1.03. The predicted molar refractivity (Wildman–Crippen MR) is 91.9 cm³/mol. The Morgan fingerprint density at radius 2 is 2.09 bits per heavy atom. The van der Waals surface area contributed by atoms with Crippen LogP contribution >= 0.6 is 11.6 Å². The van der Waals surface area contributed by atoms with E-state index in [-0.39, 0.29) is 11.7 Å². The summed E-state index contributed by atoms with van der Waals surface area (Å²) in [6.07, 6.45) is 12.9. The number of rotatable bonds is 3. The van der Waals surface area contributed by atoms with Gasteiger partial charge >= 0.3 is 0 Å². The number of fused-ring (bicyclic) bond motifs is 2. The Bertz CT molecular complexity index is 553. The Balaban J connectivity index is 1.97. The molecule has 2 fully saturated rings. The zero-order valence-electron chi connectivity index (χ0n) is 13.4. The molecule has 1 spiro atoms. The van der Waals surface area contributed by atoms with Crippen molar-refractivity contribution in [1.29, 1.82) is 0 Å². The minimum atomic E-state index is -0.111. The zero-order valence-corrected chi connectivity index (χ0v) is 14.2. The van der Waals surface area contributed by atoms with Crippen molar-refractivity contribution in [2.45, 2.75) is 44.3 Å². The van der Waals surface area contributed by atoms with Crippen molar-refractivity contribution >= 4 is 11.6 Å². The van der Waals surface area contributed by atoms with Gasteiger partial charge in [-0.15, -0.1) is 0 Å². The number of hydrogen-bond donors (Lipinski definition) is 2. The SMILES string of the molecule is C/C=C(Cl)\C=C(/NC)C1OC2(CCNCC2)C2=CCCC=C21. The molecule has 1 aliphatic carbocycles. The molecule has 0 aromatic carbocycles. The maximum Gasteiger partial charge on any atom is 0.123 e. The van der Waals surface area contributed by atoms with Gasteiger partial charge in [-0.25, -0.2) is 0 Å². The third-order valence-corrected chi connectivity index (χ3v) is 5.19. The van der Waals surface area contributed by atoms with Gasteiger partial charge in [-0.1, -0.05) is 29.8 Å². The third-order valence-electron chi connectivity index (χ3n) is 4.86. The second kappa shape index (κ2) is 6.61. The molecule has 0 amide bonds. The van der Waals surface area contributed by atoms with Crippen molar-refractivity contribution in [3.8, 4) is 0 Å². The van der Waals surface area contributed by atoms with Crippen LogP contribution < -0.4 is 10.6 Å². The Labute approximate surface area is 138 Å². The Morgan fingerprint density at radius 3 is 2.77 bits per heavy atom. The van der Waals surface area contributed by atoms with Crippen LogP contribution in [0.3, 0.4) is 0 Å². The molecule has 0 aromatic rings. The highest BCUT2D eigenvalue weighted by atomic mass is 35.5. The van der Waals surface area contributed by atoms with Gasteiger partial charge in [-0.3, -0.25) is 0 Å². The minimum Gasteiger partial charge on any atom is -0.389 e. The van der Waals surface area contributed by atoms with Crippen LogP contribution in [0, 0.1) is 0 Å². The molecular formula is C18H25ClN2O. The van der Waals surface area contributed by atoms with Crippen LogP contribution in [0.2, 0.25) is 0 Å². The summed E-state index contributed by atoms with van der Waals surface area (Å²) in [5, 5.41) is 7.47. The van der Waals surface area contributed by atoms with E-state index < -0.39 is 0 Å². The molecule has 2 aliphatic heterocycles. The normalized spacial score (nSPS) is 28.2. The monoisotopic (exact) mass is 320 g/mol. The van der Waals surface area contributed by atoms with Gasteiger partial charge in [0, 0.05) is 17.8 Å². The van der Waals surface area contributed by atoms with Crippen LogP contribution in [0.1, 0.15) is 32.6 Å². The lowest BCUT2D eigenvalue weighted by Gasteiger charge is -2.35. The first-order valence-corrected chi connectivity index (χ1v) is 8.59. The molecule has 2 heterocycles. The molecule has 0 saturated carbocycles. The van der Waals surface area contributed by atoms with Crippen molar-refractivity contribution in [2.75, 3.05) is 20.1 Å². The van der Waals surface area contributed by atoms with E-state index in [4.69, 9.17) is 16.3 Å². The summed E-state index contributed by atoms with van der Waals surface area (Å²) in [6.45, 7) is 3.98. The fourth-order valence-corrected chi connectivity index (χ4v) is 3.82. The van der Waals surface area contributed by atoms with Gasteiger partial charge in [0.1, 0.15) is 6.10 Å². The molecular weight excluding hydrogens is 296 g/mol. The first-order valence-electron chi connectivity index (χ1n) is 8.21. The number of nitrogens with one attached hydrogen (secondary N) is 2. The van der Waals surface area contributed by atoms with Crippen LogP contribution in [-0.2, 0) is 4.74 Å². The van der Waals surface area contributed by atoms with Crippen molar-refractivity contribution < 1.29 is 4.74 Å². The maximum atomic E-state index is 6.64. The van der Waals surface area contributed by atoms with Crippen LogP contribution in [0.4, 0.5) is 0 Å². The molecule has 2 saturated heterocycles. The average molecular weight is 321 g/mol. The maximum absolute atomic E-state index is 6.64. The highest BCUT2D eigenvalue weighted by Crippen LogP contribution is 2.48. The molecule has 3 aliphatic rings. The second-order valence-electron chi connectivity index (χ2n) is 6.12. The van der Waals surface area contributed by atoms with Crippen molar-refractivity contribution in [1.82, 2.24) is 10.6 Å². The summed E-state index contributed by atoms with van der Waals surface area (Å²) in [5.41, 5.74) is 3.69. The number of halogens is 1. The van der Waals surface area contributed by atoms with E-state index in [1.807, 2.05) is 26.1 Å². The lowest BCUT2D eigenvalue weighted by atomic mass is 9.79. The molecule has 0 bridgehead atoms. The van der Waals surface area contributed by atoms with Gasteiger partial charge in [0.05, 0.1) is 5.60 Å². The molecule has 4 heteroatoms. The highest BCUT2D eigenvalue weighted by Gasteiger charge is 2.49. The highest BCUT2D eigenvalue weighted by molar-refractivity contribution is 6.31. The minimum absolute atomic E-state index is 0.0247. The quantitative estimate of drug-likeness (QED) is 0.782. The summed E-state index contributed by atoms with van der Waals surface area (Å²) in [6, 6.07) is 0. The van der Waals surface area contributed by atoms with E-state index in [1.54, 1.807) is 0 Å². The van der Waals surface area contributed by atoms with E-state index in [2.05, 4.69) is 22.8 Å². The van der Waals surface area contributed by atoms with Crippen LogP contribution in [-0.4, -0.2) is 31.8 Å². The van der Waals surface area contributed by atoms with E-state index in [9.17, 15) is 0 Å². The standard InChI is InChI=1S/C18H25ClN2O/c1-3-13(19)12-16(20-2)17-14-6-4-5-7-15(14)18(22-17)8-10-21-11-9-18/h3,6-7,12,17,20-21H,4-5,8-11H2,1-2H3/b13-3+,16-12-. The van der Waals surface area contributed by atoms with E-state index in [1.165, 1.54) is 11.1 Å². The molecule has 0 radical (unpaired) electrons. The second-order valence-corrected chi connectivity index (χ2v) is 6.56. The van der Waals surface area contributed by atoms with E-state index in [0.717, 1.165) is 49.5 Å². The first kappa shape index (κ1) is 15.9. The van der Waals surface area contributed by atoms with Crippen molar-refractivity contribution in [3.63, 3.8) is 0 Å². The molecule has 0 aromatic heterocycles. The third kappa shape index (κ3) is 2.78. The summed E-state index contributed by atoms with van der Waals surface area (Å²) < 4.78 is 6.64. The lowest BCUT2D eigenvalue weighted by Crippen LogP contribution is -2.43. The number of ether oxygens (including phenoxy) is 1. The first-order chi connectivity index (χ1) is 10.7. The van der Waals surface area contributed by atoms with Gasteiger partial charge < -0.3 is 15.4 Å². The fraction of sp³-hybridized carbons (Fsp3) is 0.556. The van der Waals surface area contributed by atoms with Gasteiger partial charge in [-0.2, -0.15) is 0 Å². The summed E-state index contributed by atoms with van der Waals surface area (Å²) in [5.74, 6) is 0.